The molecular formula is C24H30N8O. The number of carbonyl (C=O) groups excluding carboxylic acids is 1. The highest BCUT2D eigenvalue weighted by Crippen LogP contribution is 2.49. The zero-order chi connectivity index (χ0) is 22.4. The van der Waals surface area contributed by atoms with Crippen LogP contribution < -0.4 is 21.3 Å². The van der Waals surface area contributed by atoms with Crippen LogP contribution in [0.15, 0.2) is 30.6 Å². The number of rotatable bonds is 6. The largest absolute Gasteiger partial charge is 0.372 e. The Morgan fingerprint density at radius 2 is 1.85 bits per heavy atom. The van der Waals surface area contributed by atoms with Crippen LogP contribution >= 0.6 is 0 Å². The van der Waals surface area contributed by atoms with Crippen molar-refractivity contribution < 1.29 is 4.79 Å². The number of hydrogen-bond acceptors (Lipinski definition) is 7. The fraction of sp³-hybridized carbons (Fsp3) is 0.500. The number of nitrogens with two attached hydrogens (primary N) is 1. The van der Waals surface area contributed by atoms with Gasteiger partial charge in [-0.3, -0.25) is 4.79 Å². The van der Waals surface area contributed by atoms with Crippen LogP contribution in [0.2, 0.25) is 0 Å². The van der Waals surface area contributed by atoms with E-state index in [0.717, 1.165) is 43.6 Å². The molecule has 6 rings (SSSR count). The van der Waals surface area contributed by atoms with Gasteiger partial charge in [0.2, 0.25) is 11.9 Å². The lowest BCUT2D eigenvalue weighted by atomic mass is 9.84. The second kappa shape index (κ2) is 8.20. The third-order valence-electron chi connectivity index (χ3n) is 7.68. The zero-order valence-corrected chi connectivity index (χ0v) is 18.6. The highest BCUT2D eigenvalue weighted by molar-refractivity contribution is 5.85. The van der Waals surface area contributed by atoms with Crippen molar-refractivity contribution in [3.63, 3.8) is 0 Å². The molecule has 5 N–H and O–H groups in total. The monoisotopic (exact) mass is 446 g/mol. The maximum atomic E-state index is 12.2. The van der Waals surface area contributed by atoms with Gasteiger partial charge in [-0.25, -0.2) is 4.98 Å². The third kappa shape index (κ3) is 3.75. The van der Waals surface area contributed by atoms with Gasteiger partial charge in [0, 0.05) is 30.5 Å². The van der Waals surface area contributed by atoms with E-state index in [1.165, 1.54) is 24.9 Å². The van der Waals surface area contributed by atoms with Crippen LogP contribution in [-0.2, 0) is 4.79 Å². The maximum Gasteiger partial charge on any atom is 0.231 e. The van der Waals surface area contributed by atoms with Crippen LogP contribution in [-0.4, -0.2) is 45.0 Å². The predicted molar refractivity (Wildman–Crippen MR) is 128 cm³/mol. The van der Waals surface area contributed by atoms with Crippen LogP contribution in [0.1, 0.15) is 38.5 Å². The molecule has 3 fully saturated rings. The summed E-state index contributed by atoms with van der Waals surface area (Å²) in [6.07, 6.45) is 8.71. The molecule has 1 aromatic carbocycles. The molecule has 172 valence electrons. The smallest absolute Gasteiger partial charge is 0.231 e. The first kappa shape index (κ1) is 20.3. The maximum absolute atomic E-state index is 12.2. The van der Waals surface area contributed by atoms with Crippen molar-refractivity contribution in [2.45, 2.75) is 44.6 Å². The first-order chi connectivity index (χ1) is 16.2. The predicted octanol–water partition coefficient (Wildman–Crippen LogP) is 3.40. The molecule has 9 nitrogen and oxygen atoms in total. The summed E-state index contributed by atoms with van der Waals surface area (Å²) >= 11 is 0. The summed E-state index contributed by atoms with van der Waals surface area (Å²) in [7, 11) is 0. The van der Waals surface area contributed by atoms with Crippen molar-refractivity contribution in [3.8, 4) is 0 Å². The Morgan fingerprint density at radius 3 is 2.64 bits per heavy atom. The summed E-state index contributed by atoms with van der Waals surface area (Å²) in [6, 6.07) is 8.42. The van der Waals surface area contributed by atoms with E-state index in [9.17, 15) is 4.79 Å². The first-order valence-corrected chi connectivity index (χ1v) is 12.0. The minimum Gasteiger partial charge on any atom is -0.372 e. The Hall–Kier alpha value is -3.36. The molecule has 3 aliphatic rings. The van der Waals surface area contributed by atoms with Gasteiger partial charge in [-0.15, -0.1) is 0 Å². The fourth-order valence-electron chi connectivity index (χ4n) is 6.10. The van der Waals surface area contributed by atoms with Gasteiger partial charge in [-0.2, -0.15) is 9.97 Å². The van der Waals surface area contributed by atoms with Crippen molar-refractivity contribution in [1.29, 1.82) is 0 Å². The van der Waals surface area contributed by atoms with Crippen molar-refractivity contribution in [2.75, 3.05) is 28.6 Å². The Labute approximate surface area is 192 Å². The Bertz CT molecular complexity index is 1150. The van der Waals surface area contributed by atoms with Crippen LogP contribution in [0.25, 0.3) is 11.2 Å². The number of benzene rings is 1. The van der Waals surface area contributed by atoms with E-state index in [1.54, 1.807) is 6.33 Å². The molecule has 33 heavy (non-hydrogen) atoms. The molecule has 2 saturated carbocycles. The number of hydrogen-bond donors (Lipinski definition) is 4. The molecule has 4 unspecified atom stereocenters. The molecule has 2 aromatic heterocycles. The van der Waals surface area contributed by atoms with Crippen molar-refractivity contribution in [2.24, 2.45) is 23.5 Å². The molecule has 4 atom stereocenters. The highest BCUT2D eigenvalue weighted by atomic mass is 16.1. The molecule has 3 heterocycles. The number of aromatic nitrogens is 4. The van der Waals surface area contributed by atoms with E-state index in [0.29, 0.717) is 29.2 Å². The SMILES string of the molecule is NC(=O)C1C2CCC(C2)C1Nc1nc(Nc2ccc(N3CCCCC3)cc2)nc2nc[nH]c12. The quantitative estimate of drug-likeness (QED) is 0.457. The van der Waals surface area contributed by atoms with Gasteiger partial charge in [0.05, 0.1) is 12.2 Å². The first-order valence-electron chi connectivity index (χ1n) is 12.0. The average Bonchev–Trinajstić information content (AvgIpc) is 3.56. The number of anilines is 4. The Morgan fingerprint density at radius 1 is 1.06 bits per heavy atom. The van der Waals surface area contributed by atoms with E-state index in [-0.39, 0.29) is 17.9 Å². The fourth-order valence-corrected chi connectivity index (χ4v) is 6.10. The van der Waals surface area contributed by atoms with E-state index in [4.69, 9.17) is 10.7 Å². The molecule has 2 bridgehead atoms. The van der Waals surface area contributed by atoms with Crippen LogP contribution in [0, 0.1) is 17.8 Å². The summed E-state index contributed by atoms with van der Waals surface area (Å²) in [6.45, 7) is 2.24. The number of primary amides is 1. The molecule has 9 heteroatoms. The molecule has 1 aliphatic heterocycles. The minimum atomic E-state index is -0.221. The molecule has 3 aromatic rings. The molecule has 1 saturated heterocycles. The summed E-state index contributed by atoms with van der Waals surface area (Å²) in [5.74, 6) is 1.58. The number of carbonyl (C=O) groups is 1. The summed E-state index contributed by atoms with van der Waals surface area (Å²) < 4.78 is 0. The van der Waals surface area contributed by atoms with Crippen LogP contribution in [0.3, 0.4) is 0 Å². The summed E-state index contributed by atoms with van der Waals surface area (Å²) in [5.41, 5.74) is 9.27. The topological polar surface area (TPSA) is 125 Å². The minimum absolute atomic E-state index is 0.000624. The number of nitrogens with one attached hydrogen (secondary N) is 3. The van der Waals surface area contributed by atoms with Crippen molar-refractivity contribution >= 4 is 40.2 Å². The van der Waals surface area contributed by atoms with Gasteiger partial charge >= 0.3 is 0 Å². The molecule has 0 radical (unpaired) electrons. The number of H-pyrrole nitrogens is 1. The van der Waals surface area contributed by atoms with E-state index < -0.39 is 0 Å². The lowest BCUT2D eigenvalue weighted by Crippen LogP contribution is -2.42. The summed E-state index contributed by atoms with van der Waals surface area (Å²) in [4.78, 5) is 31.4. The lowest BCUT2D eigenvalue weighted by molar-refractivity contribution is -0.123. The van der Waals surface area contributed by atoms with Gasteiger partial charge in [0.1, 0.15) is 5.52 Å². The van der Waals surface area contributed by atoms with Gasteiger partial charge in [0.15, 0.2) is 11.5 Å². The van der Waals surface area contributed by atoms with Gasteiger partial charge in [-0.05, 0) is 74.6 Å². The standard InChI is InChI=1S/C24H30N8O/c25-21(33)18-14-4-5-15(12-14)19(18)29-23-20-22(27-13-26-20)30-24(31-23)28-16-6-8-17(9-7-16)32-10-2-1-3-11-32/h6-9,13-15,18-19H,1-5,10-12H2,(H2,25,33)(H3,26,27,28,29,30,31). The van der Waals surface area contributed by atoms with E-state index in [2.05, 4.69) is 54.8 Å². The Kier molecular flexibility index (Phi) is 5.04. The number of nitrogens with zero attached hydrogens (tertiary/aromatic N) is 4. The van der Waals surface area contributed by atoms with E-state index >= 15 is 0 Å². The van der Waals surface area contributed by atoms with Gasteiger partial charge < -0.3 is 26.3 Å². The molecule has 2 aliphatic carbocycles. The van der Waals surface area contributed by atoms with Gasteiger partial charge in [0.25, 0.3) is 0 Å². The molecule has 0 spiro atoms. The normalized spacial score (nSPS) is 26.6. The van der Waals surface area contributed by atoms with E-state index in [1.807, 2.05) is 0 Å². The number of aromatic amines is 1. The molecular weight excluding hydrogens is 416 g/mol. The highest BCUT2D eigenvalue weighted by Gasteiger charge is 2.50. The zero-order valence-electron chi connectivity index (χ0n) is 18.6. The van der Waals surface area contributed by atoms with Gasteiger partial charge in [-0.1, -0.05) is 0 Å². The summed E-state index contributed by atoms with van der Waals surface area (Å²) in [5, 5.41) is 6.86. The number of imidazole rings is 1. The number of fused-ring (bicyclic) bond motifs is 3. The molecule has 1 amide bonds. The average molecular weight is 447 g/mol. The number of piperidine rings is 1. The second-order valence-corrected chi connectivity index (χ2v) is 9.65. The third-order valence-corrected chi connectivity index (χ3v) is 7.68. The Balaban J connectivity index is 1.24. The number of amides is 1. The lowest BCUT2D eigenvalue weighted by Gasteiger charge is -2.30. The van der Waals surface area contributed by atoms with Crippen LogP contribution in [0.5, 0.6) is 0 Å². The van der Waals surface area contributed by atoms with Crippen molar-refractivity contribution in [3.05, 3.63) is 30.6 Å². The van der Waals surface area contributed by atoms with Crippen LogP contribution in [0.4, 0.5) is 23.1 Å². The second-order valence-electron chi connectivity index (χ2n) is 9.65. The van der Waals surface area contributed by atoms with Crippen molar-refractivity contribution in [1.82, 2.24) is 19.9 Å².